The Kier molecular flexibility index (Phi) is 6.63. The first-order chi connectivity index (χ1) is 17.1. The molecular formula is C30H31NO5. The molecule has 0 aromatic heterocycles. The van der Waals surface area contributed by atoms with Gasteiger partial charge in [0.15, 0.2) is 0 Å². The van der Waals surface area contributed by atoms with Gasteiger partial charge in [-0.1, -0.05) is 51.1 Å². The number of Topliss-reactive ketones (excluding diaryl/α,β-unsaturated/α-hetero) is 1. The first-order valence-corrected chi connectivity index (χ1v) is 11.8. The molecule has 3 aromatic carbocycles. The number of benzene rings is 3. The predicted octanol–water partition coefficient (Wildman–Crippen LogP) is 5.94. The van der Waals surface area contributed by atoms with E-state index in [1.165, 1.54) is 12.0 Å². The molecule has 186 valence electrons. The number of aliphatic hydroxyl groups excluding tert-OH is 1. The van der Waals surface area contributed by atoms with Gasteiger partial charge in [0.2, 0.25) is 0 Å². The Labute approximate surface area is 211 Å². The summed E-state index contributed by atoms with van der Waals surface area (Å²) in [5.74, 6) is -0.554. The predicted molar refractivity (Wildman–Crippen MR) is 141 cm³/mol. The number of ketones is 1. The van der Waals surface area contributed by atoms with Gasteiger partial charge in [-0.25, -0.2) is 0 Å². The van der Waals surface area contributed by atoms with Gasteiger partial charge in [0.1, 0.15) is 17.3 Å². The maximum atomic E-state index is 13.5. The van der Waals surface area contributed by atoms with Crippen LogP contribution in [-0.4, -0.2) is 31.0 Å². The molecule has 1 aliphatic heterocycles. The van der Waals surface area contributed by atoms with Gasteiger partial charge in [-0.15, -0.1) is 0 Å². The Morgan fingerprint density at radius 1 is 0.917 bits per heavy atom. The highest BCUT2D eigenvalue weighted by atomic mass is 16.5. The fourth-order valence-electron chi connectivity index (χ4n) is 4.58. The van der Waals surface area contributed by atoms with Crippen molar-refractivity contribution in [2.24, 2.45) is 0 Å². The normalized spacial score (nSPS) is 17.4. The van der Waals surface area contributed by atoms with Crippen molar-refractivity contribution in [3.05, 3.63) is 94.6 Å². The van der Waals surface area contributed by atoms with Crippen molar-refractivity contribution in [3.63, 3.8) is 0 Å². The second kappa shape index (κ2) is 9.53. The summed E-state index contributed by atoms with van der Waals surface area (Å²) < 4.78 is 10.9. The van der Waals surface area contributed by atoms with Crippen LogP contribution < -0.4 is 14.4 Å². The maximum absolute atomic E-state index is 13.5. The van der Waals surface area contributed by atoms with E-state index >= 15 is 0 Å². The third kappa shape index (κ3) is 4.35. The van der Waals surface area contributed by atoms with E-state index in [1.807, 2.05) is 43.3 Å². The van der Waals surface area contributed by atoms with E-state index in [-0.39, 0.29) is 16.7 Å². The minimum absolute atomic E-state index is 0.0117. The summed E-state index contributed by atoms with van der Waals surface area (Å²) in [6.07, 6.45) is 0. The third-order valence-corrected chi connectivity index (χ3v) is 6.58. The van der Waals surface area contributed by atoms with Crippen LogP contribution in [0.2, 0.25) is 0 Å². The quantitative estimate of drug-likeness (QED) is 0.275. The first-order valence-electron chi connectivity index (χ1n) is 11.8. The number of hydrogen-bond acceptors (Lipinski definition) is 5. The van der Waals surface area contributed by atoms with Gasteiger partial charge in [0.05, 0.1) is 25.8 Å². The number of nitrogens with zero attached hydrogens (tertiary/aromatic N) is 1. The summed E-state index contributed by atoms with van der Waals surface area (Å²) in [6, 6.07) is 19.1. The van der Waals surface area contributed by atoms with Crippen molar-refractivity contribution in [2.45, 2.75) is 39.2 Å². The summed E-state index contributed by atoms with van der Waals surface area (Å²) in [6.45, 7) is 8.15. The largest absolute Gasteiger partial charge is 0.507 e. The van der Waals surface area contributed by atoms with Crippen molar-refractivity contribution < 1.29 is 24.2 Å². The van der Waals surface area contributed by atoms with Gasteiger partial charge >= 0.3 is 0 Å². The molecule has 0 bridgehead atoms. The zero-order valence-corrected chi connectivity index (χ0v) is 21.5. The zero-order chi connectivity index (χ0) is 26.2. The van der Waals surface area contributed by atoms with Crippen LogP contribution >= 0.6 is 0 Å². The second-order valence-electron chi connectivity index (χ2n) is 9.89. The van der Waals surface area contributed by atoms with Crippen LogP contribution in [-0.2, 0) is 15.0 Å². The fraction of sp³-hybridized carbons (Fsp3) is 0.267. The van der Waals surface area contributed by atoms with E-state index in [0.717, 1.165) is 5.56 Å². The van der Waals surface area contributed by atoms with E-state index in [1.54, 1.807) is 37.4 Å². The average Bonchev–Trinajstić information content (AvgIpc) is 3.13. The van der Waals surface area contributed by atoms with Crippen molar-refractivity contribution in [1.82, 2.24) is 0 Å². The van der Waals surface area contributed by atoms with E-state index in [2.05, 4.69) is 20.8 Å². The molecule has 3 aromatic rings. The molecule has 1 fully saturated rings. The lowest BCUT2D eigenvalue weighted by Crippen LogP contribution is -2.29. The highest BCUT2D eigenvalue weighted by molar-refractivity contribution is 6.51. The van der Waals surface area contributed by atoms with Gasteiger partial charge < -0.3 is 14.6 Å². The second-order valence-corrected chi connectivity index (χ2v) is 9.89. The van der Waals surface area contributed by atoms with Crippen LogP contribution in [0.3, 0.4) is 0 Å². The summed E-state index contributed by atoms with van der Waals surface area (Å²) in [5, 5.41) is 11.5. The molecule has 6 heteroatoms. The number of ether oxygens (including phenoxy) is 2. The summed E-state index contributed by atoms with van der Waals surface area (Å²) in [7, 11) is 3.10. The number of aliphatic hydroxyl groups is 1. The Hall–Kier alpha value is -4.06. The van der Waals surface area contributed by atoms with Crippen molar-refractivity contribution in [1.29, 1.82) is 0 Å². The Morgan fingerprint density at radius 2 is 1.58 bits per heavy atom. The average molecular weight is 486 g/mol. The molecule has 1 heterocycles. The van der Waals surface area contributed by atoms with Gasteiger partial charge in [-0.2, -0.15) is 0 Å². The topological polar surface area (TPSA) is 76.1 Å². The summed E-state index contributed by atoms with van der Waals surface area (Å²) in [5.41, 5.74) is 3.38. The first kappa shape index (κ1) is 25.0. The SMILES string of the molecule is COc1ccc(/C(O)=C2\C(=O)C(=O)N(c3ccc(C(C)(C)C)cc3)C2c2ccccc2OC)c(C)c1. The van der Waals surface area contributed by atoms with Gasteiger partial charge in [0.25, 0.3) is 11.7 Å². The Balaban J connectivity index is 1.95. The summed E-state index contributed by atoms with van der Waals surface area (Å²) >= 11 is 0. The number of aryl methyl sites for hydroxylation is 1. The molecule has 36 heavy (non-hydrogen) atoms. The Morgan fingerprint density at radius 3 is 2.17 bits per heavy atom. The lowest BCUT2D eigenvalue weighted by atomic mass is 9.87. The molecule has 1 aliphatic rings. The van der Waals surface area contributed by atoms with E-state index in [0.29, 0.717) is 33.9 Å². The molecule has 1 N–H and O–H groups in total. The van der Waals surface area contributed by atoms with Crippen molar-refractivity contribution >= 4 is 23.1 Å². The van der Waals surface area contributed by atoms with Gasteiger partial charge in [-0.05, 0) is 59.9 Å². The molecule has 6 nitrogen and oxygen atoms in total. The molecule has 0 radical (unpaired) electrons. The van der Waals surface area contributed by atoms with Crippen LogP contribution in [0.25, 0.3) is 5.76 Å². The van der Waals surface area contributed by atoms with Crippen LogP contribution in [0, 0.1) is 6.92 Å². The number of amides is 1. The summed E-state index contributed by atoms with van der Waals surface area (Å²) in [4.78, 5) is 28.4. The lowest BCUT2D eigenvalue weighted by Gasteiger charge is -2.27. The minimum atomic E-state index is -0.872. The number of anilines is 1. The molecule has 0 saturated carbocycles. The van der Waals surface area contributed by atoms with Gasteiger partial charge in [0, 0.05) is 16.8 Å². The molecular weight excluding hydrogens is 454 g/mol. The van der Waals surface area contributed by atoms with Crippen LogP contribution in [0.4, 0.5) is 5.69 Å². The van der Waals surface area contributed by atoms with E-state index in [9.17, 15) is 14.7 Å². The number of methoxy groups -OCH3 is 2. The molecule has 0 spiro atoms. The monoisotopic (exact) mass is 485 g/mol. The maximum Gasteiger partial charge on any atom is 0.300 e. The number of para-hydroxylation sites is 1. The van der Waals surface area contributed by atoms with Crippen LogP contribution in [0.15, 0.2) is 72.3 Å². The van der Waals surface area contributed by atoms with E-state index < -0.39 is 17.7 Å². The Bertz CT molecular complexity index is 1350. The fourth-order valence-corrected chi connectivity index (χ4v) is 4.58. The molecule has 1 atom stereocenters. The lowest BCUT2D eigenvalue weighted by molar-refractivity contribution is -0.132. The van der Waals surface area contributed by atoms with Crippen molar-refractivity contribution in [3.8, 4) is 11.5 Å². The number of carbonyl (C=O) groups is 2. The molecule has 4 rings (SSSR count). The number of rotatable bonds is 5. The number of hydrogen-bond donors (Lipinski definition) is 1. The standard InChI is InChI=1S/C30H31NO5/c1-18-17-21(35-5)15-16-22(18)27(32)25-26(23-9-7-8-10-24(23)36-6)31(29(34)28(25)33)20-13-11-19(12-14-20)30(2,3)4/h7-17,26,32H,1-6H3/b27-25+. The zero-order valence-electron chi connectivity index (χ0n) is 21.5. The van der Waals surface area contributed by atoms with Crippen molar-refractivity contribution in [2.75, 3.05) is 19.1 Å². The van der Waals surface area contributed by atoms with Crippen LogP contribution in [0.5, 0.6) is 11.5 Å². The smallest absolute Gasteiger partial charge is 0.300 e. The van der Waals surface area contributed by atoms with Gasteiger partial charge in [-0.3, -0.25) is 14.5 Å². The third-order valence-electron chi connectivity index (χ3n) is 6.58. The number of carbonyl (C=O) groups excluding carboxylic acids is 2. The molecule has 1 amide bonds. The molecule has 1 unspecified atom stereocenters. The molecule has 0 aliphatic carbocycles. The van der Waals surface area contributed by atoms with Crippen LogP contribution in [0.1, 0.15) is 49.1 Å². The highest BCUT2D eigenvalue weighted by Crippen LogP contribution is 2.45. The van der Waals surface area contributed by atoms with E-state index in [4.69, 9.17) is 9.47 Å². The highest BCUT2D eigenvalue weighted by Gasteiger charge is 2.48. The minimum Gasteiger partial charge on any atom is -0.507 e. The molecule has 1 saturated heterocycles.